The van der Waals surface area contributed by atoms with Crippen molar-refractivity contribution < 1.29 is 4.74 Å². The fraction of sp³-hybridized carbons (Fsp3) is 0.143. The molecule has 2 rings (SSSR count). The van der Waals surface area contributed by atoms with Crippen molar-refractivity contribution in [3.8, 4) is 5.75 Å². The van der Waals surface area contributed by atoms with E-state index in [1.54, 1.807) is 0 Å². The zero-order valence-electron chi connectivity index (χ0n) is 9.61. The summed E-state index contributed by atoms with van der Waals surface area (Å²) in [4.78, 5) is 0. The van der Waals surface area contributed by atoms with Gasteiger partial charge in [0, 0.05) is 10.2 Å². The van der Waals surface area contributed by atoms with Gasteiger partial charge < -0.3 is 10.5 Å². The molecule has 0 saturated carbocycles. The molecule has 0 unspecified atom stereocenters. The molecule has 0 atom stereocenters. The molecule has 0 aliphatic carbocycles. The molecule has 0 aliphatic rings. The van der Waals surface area contributed by atoms with Gasteiger partial charge in [0.2, 0.25) is 0 Å². The second kappa shape index (κ2) is 5.23. The van der Waals surface area contributed by atoms with Crippen molar-refractivity contribution in [3.05, 3.63) is 58.1 Å². The fourth-order valence-electron chi connectivity index (χ4n) is 1.58. The normalized spacial score (nSPS) is 10.2. The van der Waals surface area contributed by atoms with Crippen molar-refractivity contribution in [2.45, 2.75) is 13.5 Å². The predicted molar refractivity (Wildman–Crippen MR) is 74.1 cm³/mol. The highest BCUT2D eigenvalue weighted by Gasteiger charge is 2.02. The van der Waals surface area contributed by atoms with Crippen LogP contribution >= 0.6 is 15.9 Å². The molecule has 2 aromatic rings. The van der Waals surface area contributed by atoms with E-state index >= 15 is 0 Å². The average molecular weight is 292 g/mol. The predicted octanol–water partition coefficient (Wildman–Crippen LogP) is 3.92. The van der Waals surface area contributed by atoms with E-state index in [-0.39, 0.29) is 0 Å². The Kier molecular flexibility index (Phi) is 3.69. The Labute approximate surface area is 110 Å². The minimum atomic E-state index is 0.535. The molecule has 3 heteroatoms. The van der Waals surface area contributed by atoms with Gasteiger partial charge in [-0.05, 0) is 42.3 Å². The first kappa shape index (κ1) is 12.0. The van der Waals surface area contributed by atoms with Crippen LogP contribution in [0.5, 0.6) is 5.75 Å². The topological polar surface area (TPSA) is 35.2 Å². The lowest BCUT2D eigenvalue weighted by molar-refractivity contribution is 0.305. The zero-order chi connectivity index (χ0) is 12.3. The van der Waals surface area contributed by atoms with E-state index in [0.29, 0.717) is 6.61 Å². The molecule has 2 nitrogen and oxygen atoms in total. The molecule has 0 spiro atoms. The lowest BCUT2D eigenvalue weighted by Crippen LogP contribution is -2.00. The Morgan fingerprint density at radius 3 is 2.71 bits per heavy atom. The molecule has 88 valence electrons. The number of hydrogen-bond acceptors (Lipinski definition) is 2. The summed E-state index contributed by atoms with van der Waals surface area (Å²) in [6.45, 7) is 2.54. The van der Waals surface area contributed by atoms with Gasteiger partial charge in [-0.1, -0.05) is 34.1 Å². The standard InChI is InChI=1S/C14H14BrNO/c1-10-11(4-2-7-14(10)16)9-17-13-6-3-5-12(15)8-13/h2-8H,9,16H2,1H3. The number of halogens is 1. The number of anilines is 1. The number of nitrogen functional groups attached to an aromatic ring is 1. The molecule has 0 amide bonds. The third-order valence-corrected chi connectivity index (χ3v) is 3.17. The van der Waals surface area contributed by atoms with Gasteiger partial charge in [0.15, 0.2) is 0 Å². The highest BCUT2D eigenvalue weighted by atomic mass is 79.9. The summed E-state index contributed by atoms with van der Waals surface area (Å²) >= 11 is 3.41. The van der Waals surface area contributed by atoms with Gasteiger partial charge in [0.1, 0.15) is 12.4 Å². The van der Waals surface area contributed by atoms with Gasteiger partial charge in [-0.2, -0.15) is 0 Å². The highest BCUT2D eigenvalue weighted by molar-refractivity contribution is 9.10. The van der Waals surface area contributed by atoms with Crippen LogP contribution in [0.25, 0.3) is 0 Å². The van der Waals surface area contributed by atoms with Crippen molar-refractivity contribution in [3.63, 3.8) is 0 Å². The summed E-state index contributed by atoms with van der Waals surface area (Å²) in [5.74, 6) is 0.848. The molecular formula is C14H14BrNO. The summed E-state index contributed by atoms with van der Waals surface area (Å²) in [5, 5.41) is 0. The average Bonchev–Trinajstić information content (AvgIpc) is 2.31. The maximum atomic E-state index is 5.85. The molecule has 17 heavy (non-hydrogen) atoms. The Bertz CT molecular complexity index is 525. The van der Waals surface area contributed by atoms with Crippen molar-refractivity contribution in [2.24, 2.45) is 0 Å². The fourth-order valence-corrected chi connectivity index (χ4v) is 1.96. The first-order valence-corrected chi connectivity index (χ1v) is 6.18. The SMILES string of the molecule is Cc1c(N)cccc1COc1cccc(Br)c1. The van der Waals surface area contributed by atoms with Crippen LogP contribution in [0.1, 0.15) is 11.1 Å². The maximum absolute atomic E-state index is 5.85. The molecule has 0 fully saturated rings. The lowest BCUT2D eigenvalue weighted by Gasteiger charge is -2.10. The first-order chi connectivity index (χ1) is 8.16. The van der Waals surface area contributed by atoms with E-state index in [1.165, 1.54) is 0 Å². The third-order valence-electron chi connectivity index (χ3n) is 2.68. The van der Waals surface area contributed by atoms with Crippen molar-refractivity contribution in [1.82, 2.24) is 0 Å². The Morgan fingerprint density at radius 2 is 1.94 bits per heavy atom. The van der Waals surface area contributed by atoms with E-state index in [1.807, 2.05) is 49.4 Å². The molecule has 0 bridgehead atoms. The lowest BCUT2D eigenvalue weighted by atomic mass is 10.1. The van der Waals surface area contributed by atoms with E-state index < -0.39 is 0 Å². The number of ether oxygens (including phenoxy) is 1. The molecule has 2 N–H and O–H groups in total. The van der Waals surface area contributed by atoms with Gasteiger partial charge in [-0.3, -0.25) is 0 Å². The van der Waals surface area contributed by atoms with Crippen LogP contribution in [-0.4, -0.2) is 0 Å². The van der Waals surface area contributed by atoms with E-state index in [0.717, 1.165) is 27.0 Å². The van der Waals surface area contributed by atoms with Crippen molar-refractivity contribution in [1.29, 1.82) is 0 Å². The molecule has 0 heterocycles. The second-order valence-electron chi connectivity index (χ2n) is 3.88. The smallest absolute Gasteiger partial charge is 0.120 e. The summed E-state index contributed by atoms with van der Waals surface area (Å²) in [7, 11) is 0. The van der Waals surface area contributed by atoms with E-state index in [4.69, 9.17) is 10.5 Å². The monoisotopic (exact) mass is 291 g/mol. The van der Waals surface area contributed by atoms with Crippen LogP contribution in [0.3, 0.4) is 0 Å². The van der Waals surface area contributed by atoms with Crippen LogP contribution in [0.15, 0.2) is 46.9 Å². The molecule has 2 aromatic carbocycles. The largest absolute Gasteiger partial charge is 0.489 e. The number of benzene rings is 2. The Balaban J connectivity index is 2.10. The van der Waals surface area contributed by atoms with Gasteiger partial charge >= 0.3 is 0 Å². The van der Waals surface area contributed by atoms with Crippen LogP contribution in [0, 0.1) is 6.92 Å². The maximum Gasteiger partial charge on any atom is 0.120 e. The Morgan fingerprint density at radius 1 is 1.18 bits per heavy atom. The van der Waals surface area contributed by atoms with Crippen LogP contribution < -0.4 is 10.5 Å². The molecule has 0 radical (unpaired) electrons. The zero-order valence-corrected chi connectivity index (χ0v) is 11.2. The molecule has 0 aromatic heterocycles. The quantitative estimate of drug-likeness (QED) is 0.870. The number of hydrogen-bond donors (Lipinski definition) is 1. The van der Waals surface area contributed by atoms with Crippen molar-refractivity contribution >= 4 is 21.6 Å². The van der Waals surface area contributed by atoms with Crippen molar-refractivity contribution in [2.75, 3.05) is 5.73 Å². The summed E-state index contributed by atoms with van der Waals surface area (Å²) in [6.07, 6.45) is 0. The molecule has 0 aliphatic heterocycles. The first-order valence-electron chi connectivity index (χ1n) is 5.39. The van der Waals surface area contributed by atoms with Crippen LogP contribution in [0.4, 0.5) is 5.69 Å². The van der Waals surface area contributed by atoms with Crippen LogP contribution in [-0.2, 0) is 6.61 Å². The molecule has 0 saturated heterocycles. The minimum absolute atomic E-state index is 0.535. The summed E-state index contributed by atoms with van der Waals surface area (Å²) < 4.78 is 6.74. The summed E-state index contributed by atoms with van der Waals surface area (Å²) in [5.41, 5.74) is 8.86. The molecular weight excluding hydrogens is 278 g/mol. The highest BCUT2D eigenvalue weighted by Crippen LogP contribution is 2.21. The number of rotatable bonds is 3. The second-order valence-corrected chi connectivity index (χ2v) is 4.79. The van der Waals surface area contributed by atoms with Gasteiger partial charge in [0.05, 0.1) is 0 Å². The van der Waals surface area contributed by atoms with Gasteiger partial charge in [-0.15, -0.1) is 0 Å². The Hall–Kier alpha value is -1.48. The summed E-state index contributed by atoms with van der Waals surface area (Å²) in [6, 6.07) is 13.7. The van der Waals surface area contributed by atoms with Gasteiger partial charge in [-0.25, -0.2) is 0 Å². The van der Waals surface area contributed by atoms with E-state index in [2.05, 4.69) is 15.9 Å². The minimum Gasteiger partial charge on any atom is -0.489 e. The van der Waals surface area contributed by atoms with E-state index in [9.17, 15) is 0 Å². The van der Waals surface area contributed by atoms with Gasteiger partial charge in [0.25, 0.3) is 0 Å². The number of nitrogens with two attached hydrogens (primary N) is 1. The van der Waals surface area contributed by atoms with Crippen LogP contribution in [0.2, 0.25) is 0 Å². The third kappa shape index (κ3) is 3.01.